The number of alkyl halides is 3. The second-order valence-electron chi connectivity index (χ2n) is 8.59. The van der Waals surface area contributed by atoms with Gasteiger partial charge in [-0.15, -0.1) is 11.8 Å². The molecule has 0 radical (unpaired) electrons. The Morgan fingerprint density at radius 2 is 1.94 bits per heavy atom. The van der Waals surface area contributed by atoms with Crippen molar-refractivity contribution in [2.75, 3.05) is 6.26 Å². The average molecular weight is 553 g/mol. The van der Waals surface area contributed by atoms with Crippen molar-refractivity contribution in [2.24, 2.45) is 0 Å². The summed E-state index contributed by atoms with van der Waals surface area (Å²) < 4.78 is 93.8. The third-order valence-electron chi connectivity index (χ3n) is 6.16. The Morgan fingerprint density at radius 3 is 2.51 bits per heavy atom. The van der Waals surface area contributed by atoms with Gasteiger partial charge in [0.2, 0.25) is 15.8 Å². The maximum atomic E-state index is 13.1. The van der Waals surface area contributed by atoms with Crippen molar-refractivity contribution in [1.29, 1.82) is 0 Å². The monoisotopic (exact) mass is 552 g/mol. The third-order valence-corrected chi connectivity index (χ3v) is 10.9. The van der Waals surface area contributed by atoms with Gasteiger partial charge in [-0.1, -0.05) is 30.3 Å². The molecule has 4 rings (SSSR count). The Kier molecular flexibility index (Phi) is 5.94. The molecule has 1 aromatic heterocycles. The lowest BCUT2D eigenvalue weighted by atomic mass is 9.93. The van der Waals surface area contributed by atoms with Crippen LogP contribution in [0.1, 0.15) is 36.8 Å². The van der Waals surface area contributed by atoms with Gasteiger partial charge in [0, 0.05) is 22.6 Å². The molecule has 15 heteroatoms. The molecule has 35 heavy (non-hydrogen) atoms. The van der Waals surface area contributed by atoms with Crippen LogP contribution in [0, 0.1) is 0 Å². The summed E-state index contributed by atoms with van der Waals surface area (Å²) in [4.78, 5) is 12.4. The summed E-state index contributed by atoms with van der Waals surface area (Å²) in [5.74, 6) is -2.76. The first-order valence-corrected chi connectivity index (χ1v) is 14.3. The van der Waals surface area contributed by atoms with Crippen LogP contribution in [0.25, 0.3) is 4.91 Å². The van der Waals surface area contributed by atoms with Crippen molar-refractivity contribution in [1.82, 2.24) is 9.88 Å². The summed E-state index contributed by atoms with van der Waals surface area (Å²) in [5.41, 5.74) is -3.00. The Balaban J connectivity index is 1.56. The summed E-state index contributed by atoms with van der Waals surface area (Å²) in [7, 11) is -7.88. The van der Waals surface area contributed by atoms with Crippen molar-refractivity contribution >= 4 is 42.5 Å². The molecule has 190 valence electrons. The molecule has 0 saturated heterocycles. The van der Waals surface area contributed by atoms with Gasteiger partial charge in [0.25, 0.3) is 0 Å². The molecule has 9 nitrogen and oxygen atoms in total. The standard InChI is InChI=1S/C20H19F3N2O7S3/c1-18(11-4-3-5-12(8-11)34(2,28)29)10-19(18,17(26)27)25-35(30,31)16-7-6-14(33-16)13-9-15(32-24-13)20(21,22)23/h3-6,8-9,16,25H,7,10H2,1-2H3,(H,26,27). The zero-order valence-corrected chi connectivity index (χ0v) is 20.6. The Hall–Kier alpha value is -2.36. The molecule has 0 bridgehead atoms. The highest BCUT2D eigenvalue weighted by Crippen LogP contribution is 2.58. The van der Waals surface area contributed by atoms with E-state index in [1.807, 2.05) is 0 Å². The zero-order chi connectivity index (χ0) is 26.0. The Bertz CT molecular complexity index is 1450. The maximum Gasteiger partial charge on any atom is 0.452 e. The van der Waals surface area contributed by atoms with Crippen LogP contribution < -0.4 is 4.72 Å². The summed E-state index contributed by atoms with van der Waals surface area (Å²) in [6.07, 6.45) is -2.58. The number of sulfone groups is 1. The predicted molar refractivity (Wildman–Crippen MR) is 119 cm³/mol. The number of rotatable bonds is 7. The number of halogens is 3. The number of hydrogen-bond acceptors (Lipinski definition) is 8. The number of aromatic nitrogens is 1. The molecule has 2 heterocycles. The lowest BCUT2D eigenvalue weighted by molar-refractivity contribution is -0.155. The van der Waals surface area contributed by atoms with E-state index in [4.69, 9.17) is 0 Å². The van der Waals surface area contributed by atoms with E-state index in [1.165, 1.54) is 37.3 Å². The predicted octanol–water partition coefficient (Wildman–Crippen LogP) is 3.01. The van der Waals surface area contributed by atoms with Crippen LogP contribution in [-0.4, -0.2) is 49.4 Å². The molecule has 2 aliphatic rings. The smallest absolute Gasteiger partial charge is 0.452 e. The number of carboxylic acid groups (broad SMARTS) is 1. The van der Waals surface area contributed by atoms with Crippen molar-refractivity contribution in [3.63, 3.8) is 0 Å². The van der Waals surface area contributed by atoms with Gasteiger partial charge in [-0.3, -0.25) is 4.79 Å². The van der Waals surface area contributed by atoms with Crippen LogP contribution in [0.4, 0.5) is 13.2 Å². The fraction of sp³-hybridized carbons (Fsp3) is 0.400. The number of allylic oxidation sites excluding steroid dienone is 1. The first-order valence-electron chi connectivity index (χ1n) is 9.97. The quantitative estimate of drug-likeness (QED) is 0.530. The number of nitrogens with zero attached hydrogens (tertiary/aromatic N) is 1. The van der Waals surface area contributed by atoms with Crippen molar-refractivity contribution in [3.05, 3.63) is 53.4 Å². The second kappa shape index (κ2) is 8.08. The largest absolute Gasteiger partial charge is 0.480 e. The van der Waals surface area contributed by atoms with Crippen LogP contribution in [0.3, 0.4) is 0 Å². The normalized spacial score (nSPS) is 27.0. The van der Waals surface area contributed by atoms with Gasteiger partial charge in [0.15, 0.2) is 9.84 Å². The van der Waals surface area contributed by atoms with Crippen LogP contribution in [0.15, 0.2) is 45.8 Å². The van der Waals surface area contributed by atoms with E-state index in [-0.39, 0.29) is 28.3 Å². The molecular weight excluding hydrogens is 533 g/mol. The highest BCUT2D eigenvalue weighted by Gasteiger charge is 2.72. The molecule has 0 spiro atoms. The van der Waals surface area contributed by atoms with E-state index >= 15 is 0 Å². The van der Waals surface area contributed by atoms with Crippen molar-refractivity contribution in [2.45, 2.75) is 46.4 Å². The van der Waals surface area contributed by atoms with E-state index in [0.717, 1.165) is 18.0 Å². The summed E-state index contributed by atoms with van der Waals surface area (Å²) >= 11 is 0.725. The number of thioether (sulfide) groups is 1. The van der Waals surface area contributed by atoms with Crippen molar-refractivity contribution < 1.29 is 44.4 Å². The van der Waals surface area contributed by atoms with Crippen LogP contribution in [0.5, 0.6) is 0 Å². The van der Waals surface area contributed by atoms with Crippen LogP contribution in [-0.2, 0) is 36.2 Å². The topological polar surface area (TPSA) is 144 Å². The first-order chi connectivity index (χ1) is 16.0. The first kappa shape index (κ1) is 25.7. The van der Waals surface area contributed by atoms with E-state index in [0.29, 0.717) is 11.6 Å². The van der Waals surface area contributed by atoms with E-state index in [9.17, 15) is 39.9 Å². The lowest BCUT2D eigenvalue weighted by Crippen LogP contribution is -2.50. The number of nitrogens with one attached hydrogen (secondary N) is 1. The SMILES string of the molecule is CC1(c2cccc(S(C)(=O)=O)c2)CC1(NS(=O)(=O)C1CC=C(c2cc(C(F)(F)F)on2)S1)C(=O)O. The molecule has 1 aliphatic heterocycles. The highest BCUT2D eigenvalue weighted by atomic mass is 32.3. The molecule has 2 aromatic rings. The average Bonchev–Trinajstić information content (AvgIpc) is 3.17. The number of carboxylic acids is 1. The Labute approximate surface area is 202 Å². The van der Waals surface area contributed by atoms with Crippen LogP contribution >= 0.6 is 11.8 Å². The van der Waals surface area contributed by atoms with Crippen LogP contribution in [0.2, 0.25) is 0 Å². The summed E-state index contributed by atoms with van der Waals surface area (Å²) in [5, 5.41) is 13.3. The van der Waals surface area contributed by atoms with Gasteiger partial charge in [-0.25, -0.2) is 16.8 Å². The molecule has 1 saturated carbocycles. The number of sulfonamides is 1. The van der Waals surface area contributed by atoms with Gasteiger partial charge in [-0.05, 0) is 30.5 Å². The van der Waals surface area contributed by atoms with Gasteiger partial charge >= 0.3 is 12.1 Å². The molecule has 3 atom stereocenters. The van der Waals surface area contributed by atoms with Gasteiger partial charge < -0.3 is 9.63 Å². The maximum absolute atomic E-state index is 13.1. The minimum atomic E-state index is -4.75. The van der Waals surface area contributed by atoms with E-state index in [1.54, 1.807) is 0 Å². The number of aliphatic carboxylic acids is 1. The third kappa shape index (κ3) is 4.49. The number of carbonyl (C=O) groups is 1. The fourth-order valence-corrected chi connectivity index (χ4v) is 7.90. The second-order valence-corrected chi connectivity index (χ2v) is 14.0. The molecule has 0 amide bonds. The minimum Gasteiger partial charge on any atom is -0.480 e. The van der Waals surface area contributed by atoms with Gasteiger partial charge in [0.05, 0.1) is 4.90 Å². The molecular formula is C20H19F3N2O7S3. The number of benzene rings is 1. The Morgan fingerprint density at radius 1 is 1.26 bits per heavy atom. The van der Waals surface area contributed by atoms with E-state index in [2.05, 4.69) is 14.4 Å². The lowest BCUT2D eigenvalue weighted by Gasteiger charge is -2.23. The number of hydrogen-bond donors (Lipinski definition) is 2. The fourth-order valence-electron chi connectivity index (χ4n) is 4.04. The van der Waals surface area contributed by atoms with Gasteiger partial charge in [0.1, 0.15) is 15.8 Å². The molecule has 1 fully saturated rings. The molecule has 1 aliphatic carbocycles. The molecule has 2 N–H and O–H groups in total. The zero-order valence-electron chi connectivity index (χ0n) is 18.2. The molecule has 3 unspecified atom stereocenters. The summed E-state index contributed by atoms with van der Waals surface area (Å²) in [6.45, 7) is 1.52. The minimum absolute atomic E-state index is 0.0312. The summed E-state index contributed by atoms with van der Waals surface area (Å²) in [6, 6.07) is 6.31. The van der Waals surface area contributed by atoms with Gasteiger partial charge in [-0.2, -0.15) is 17.9 Å². The van der Waals surface area contributed by atoms with Crippen molar-refractivity contribution in [3.8, 4) is 0 Å². The highest BCUT2D eigenvalue weighted by molar-refractivity contribution is 8.18. The van der Waals surface area contributed by atoms with E-state index < -0.39 is 53.3 Å². The molecule has 1 aromatic carbocycles.